The normalized spacial score (nSPS) is 15.1. The Morgan fingerprint density at radius 3 is 1.21 bits per heavy atom. The summed E-state index contributed by atoms with van der Waals surface area (Å²) in [7, 11) is 0. The van der Waals surface area contributed by atoms with Crippen LogP contribution < -0.4 is 14.5 Å². The van der Waals surface area contributed by atoms with Crippen LogP contribution >= 0.6 is 0 Å². The minimum absolute atomic E-state index is 0.00817. The third kappa shape index (κ3) is 4.24. The molecule has 4 aromatic carbocycles. The van der Waals surface area contributed by atoms with Gasteiger partial charge < -0.3 is 4.74 Å². The predicted molar refractivity (Wildman–Crippen MR) is 136 cm³/mol. The number of ether oxygens (including phenoxy) is 1. The van der Waals surface area contributed by atoms with Gasteiger partial charge in [0.05, 0.1) is 16.9 Å². The minimum Gasteiger partial charge on any atom is -0.484 e. The van der Waals surface area contributed by atoms with Gasteiger partial charge in [0.2, 0.25) is 0 Å². The Labute approximate surface area is 231 Å². The first-order valence-corrected chi connectivity index (χ1v) is 12.1. The van der Waals surface area contributed by atoms with Crippen molar-refractivity contribution < 1.29 is 50.3 Å². The number of anilines is 2. The molecule has 2 aliphatic rings. The number of rotatable bonds is 4. The number of halogens is 6. The molecule has 0 radical (unpaired) electrons. The van der Waals surface area contributed by atoms with Crippen molar-refractivity contribution in [1.29, 1.82) is 0 Å². The Hall–Kier alpha value is -5.20. The number of amides is 4. The van der Waals surface area contributed by atoms with Gasteiger partial charge in [-0.15, -0.1) is 0 Å². The van der Waals surface area contributed by atoms with E-state index in [0.717, 1.165) is 34.1 Å². The standard InChI is InChI=1S/C29H14F6N2O5/c30-28(31,32)13-42-17-7-5-16(6-8-17)37-26(40)20-11-9-18-22-19(10-12-21(23(20)22)27(37)41)25(39)36(24(18)38)15-3-1-14(2-4-15)29(33,34)35/h1-12H,13H2. The molecule has 7 nitrogen and oxygen atoms in total. The molecule has 4 amide bonds. The van der Waals surface area contributed by atoms with Gasteiger partial charge in [-0.2, -0.15) is 26.3 Å². The molecule has 0 atom stereocenters. The lowest BCUT2D eigenvalue weighted by Gasteiger charge is -2.32. The number of carbonyl (C=O) groups is 4. The van der Waals surface area contributed by atoms with E-state index in [0.29, 0.717) is 0 Å². The molecule has 0 saturated carbocycles. The Morgan fingerprint density at radius 2 is 0.881 bits per heavy atom. The maximum atomic E-state index is 13.5. The van der Waals surface area contributed by atoms with Gasteiger partial charge in [0.25, 0.3) is 23.6 Å². The highest BCUT2D eigenvalue weighted by molar-refractivity contribution is 6.42. The molecule has 0 unspecified atom stereocenters. The fraction of sp³-hybridized carbons (Fsp3) is 0.103. The summed E-state index contributed by atoms with van der Waals surface area (Å²) in [4.78, 5) is 55.4. The molecule has 13 heteroatoms. The monoisotopic (exact) mass is 584 g/mol. The summed E-state index contributed by atoms with van der Waals surface area (Å²) in [5.41, 5.74) is -1.11. The van der Waals surface area contributed by atoms with Crippen molar-refractivity contribution in [2.75, 3.05) is 16.4 Å². The van der Waals surface area contributed by atoms with Crippen LogP contribution in [0, 0.1) is 0 Å². The molecule has 4 aromatic rings. The van der Waals surface area contributed by atoms with E-state index in [4.69, 9.17) is 0 Å². The van der Waals surface area contributed by atoms with E-state index < -0.39 is 48.2 Å². The summed E-state index contributed by atoms with van der Waals surface area (Å²) >= 11 is 0. The van der Waals surface area contributed by atoms with Crippen LogP contribution in [0.5, 0.6) is 5.75 Å². The van der Waals surface area contributed by atoms with Crippen LogP contribution in [0.2, 0.25) is 0 Å². The predicted octanol–water partition coefficient (Wildman–Crippen LogP) is 6.40. The number of hydrogen-bond acceptors (Lipinski definition) is 5. The Morgan fingerprint density at radius 1 is 0.524 bits per heavy atom. The quantitative estimate of drug-likeness (QED) is 0.205. The fourth-order valence-electron chi connectivity index (χ4n) is 5.00. The topological polar surface area (TPSA) is 84.0 Å². The van der Waals surface area contributed by atoms with Crippen LogP contribution in [0.15, 0.2) is 72.8 Å². The molecule has 0 fully saturated rings. The molecule has 6 rings (SSSR count). The lowest BCUT2D eigenvalue weighted by atomic mass is 9.85. The van der Waals surface area contributed by atoms with E-state index in [1.807, 2.05) is 0 Å². The van der Waals surface area contributed by atoms with E-state index in [-0.39, 0.29) is 50.2 Å². The number of imide groups is 2. The van der Waals surface area contributed by atoms with Crippen molar-refractivity contribution in [2.45, 2.75) is 12.4 Å². The summed E-state index contributed by atoms with van der Waals surface area (Å²) in [6.07, 6.45) is -9.18. The summed E-state index contributed by atoms with van der Waals surface area (Å²) < 4.78 is 81.1. The van der Waals surface area contributed by atoms with Gasteiger partial charge in [0.1, 0.15) is 5.75 Å². The van der Waals surface area contributed by atoms with Gasteiger partial charge in [-0.25, -0.2) is 9.80 Å². The van der Waals surface area contributed by atoms with Crippen LogP contribution in [0.3, 0.4) is 0 Å². The zero-order valence-corrected chi connectivity index (χ0v) is 20.8. The highest BCUT2D eigenvalue weighted by Crippen LogP contribution is 2.40. The van der Waals surface area contributed by atoms with E-state index in [9.17, 15) is 45.5 Å². The highest BCUT2D eigenvalue weighted by Gasteiger charge is 2.41. The van der Waals surface area contributed by atoms with Gasteiger partial charge >= 0.3 is 12.4 Å². The zero-order valence-electron chi connectivity index (χ0n) is 20.8. The molecule has 0 spiro atoms. The van der Waals surface area contributed by atoms with E-state index in [2.05, 4.69) is 4.74 Å². The summed E-state index contributed by atoms with van der Waals surface area (Å²) in [6, 6.07) is 13.5. The van der Waals surface area contributed by atoms with Crippen molar-refractivity contribution in [3.05, 3.63) is 101 Å². The molecule has 2 heterocycles. The molecule has 0 aliphatic carbocycles. The van der Waals surface area contributed by atoms with Crippen molar-refractivity contribution in [2.24, 2.45) is 0 Å². The number of nitrogens with zero attached hydrogens (tertiary/aromatic N) is 2. The second-order valence-corrected chi connectivity index (χ2v) is 9.41. The van der Waals surface area contributed by atoms with E-state index in [1.54, 1.807) is 0 Å². The highest BCUT2D eigenvalue weighted by atomic mass is 19.4. The fourth-order valence-corrected chi connectivity index (χ4v) is 5.00. The second kappa shape index (κ2) is 9.16. The zero-order chi connectivity index (χ0) is 30.1. The maximum absolute atomic E-state index is 13.5. The molecule has 0 aromatic heterocycles. The van der Waals surface area contributed by atoms with Gasteiger partial charge in [-0.3, -0.25) is 19.2 Å². The van der Waals surface area contributed by atoms with Crippen LogP contribution in [0.25, 0.3) is 10.8 Å². The van der Waals surface area contributed by atoms with Crippen molar-refractivity contribution in [1.82, 2.24) is 0 Å². The minimum atomic E-state index is -4.62. The summed E-state index contributed by atoms with van der Waals surface area (Å²) in [5, 5.41) is 0.121. The molecule has 0 bridgehead atoms. The smallest absolute Gasteiger partial charge is 0.422 e. The van der Waals surface area contributed by atoms with Gasteiger partial charge in [-0.05, 0) is 72.8 Å². The first-order chi connectivity index (χ1) is 19.8. The lowest BCUT2D eigenvalue weighted by molar-refractivity contribution is -0.153. The molecular formula is C29H14F6N2O5. The number of hydrogen-bond donors (Lipinski definition) is 0. The van der Waals surface area contributed by atoms with E-state index in [1.165, 1.54) is 48.5 Å². The van der Waals surface area contributed by atoms with Crippen LogP contribution in [-0.4, -0.2) is 36.4 Å². The summed E-state index contributed by atoms with van der Waals surface area (Å²) in [6.45, 7) is -1.53. The SMILES string of the molecule is O=C1c2ccc3c4c(ccc(c24)C(=O)N1c1ccc(OCC(F)(F)F)cc1)C(=O)N(c1ccc(C(F)(F)F)cc1)C3=O. The second-order valence-electron chi connectivity index (χ2n) is 9.41. The lowest BCUT2D eigenvalue weighted by Crippen LogP contribution is -2.43. The Bertz CT molecular complexity index is 1760. The van der Waals surface area contributed by atoms with Crippen molar-refractivity contribution in [3.8, 4) is 5.75 Å². The molecule has 42 heavy (non-hydrogen) atoms. The largest absolute Gasteiger partial charge is 0.484 e. The first kappa shape index (κ1) is 27.0. The maximum Gasteiger partial charge on any atom is 0.422 e. The van der Waals surface area contributed by atoms with Gasteiger partial charge in [0, 0.05) is 33.0 Å². The van der Waals surface area contributed by atoms with Crippen LogP contribution in [0.4, 0.5) is 37.7 Å². The number of benzene rings is 4. The van der Waals surface area contributed by atoms with Gasteiger partial charge in [0.15, 0.2) is 6.61 Å². The van der Waals surface area contributed by atoms with Crippen LogP contribution in [-0.2, 0) is 6.18 Å². The summed E-state index contributed by atoms with van der Waals surface area (Å²) in [5.74, 6) is -3.45. The molecular weight excluding hydrogens is 570 g/mol. The average molecular weight is 584 g/mol. The number of alkyl halides is 6. The Balaban J connectivity index is 1.38. The van der Waals surface area contributed by atoms with Crippen molar-refractivity contribution in [3.63, 3.8) is 0 Å². The third-order valence-corrected chi connectivity index (χ3v) is 6.84. The van der Waals surface area contributed by atoms with Gasteiger partial charge in [-0.1, -0.05) is 0 Å². The Kier molecular flexibility index (Phi) is 5.89. The first-order valence-electron chi connectivity index (χ1n) is 12.1. The molecule has 2 aliphatic heterocycles. The average Bonchev–Trinajstić information content (AvgIpc) is 2.94. The third-order valence-electron chi connectivity index (χ3n) is 6.84. The molecule has 0 saturated heterocycles. The van der Waals surface area contributed by atoms with Crippen molar-refractivity contribution >= 4 is 45.8 Å². The molecule has 0 N–H and O–H groups in total. The number of carbonyl (C=O) groups excluding carboxylic acids is 4. The van der Waals surface area contributed by atoms with E-state index >= 15 is 0 Å². The molecule has 212 valence electrons. The van der Waals surface area contributed by atoms with Crippen LogP contribution in [0.1, 0.15) is 47.0 Å².